The molecule has 0 amide bonds. The number of hydrogen-bond acceptors (Lipinski definition) is 6. The maximum Gasteiger partial charge on any atom is 0.397 e. The number of nitrogen functional groups attached to an aromatic ring is 2. The Morgan fingerprint density at radius 2 is 1.91 bits per heavy atom. The summed E-state index contributed by atoms with van der Waals surface area (Å²) in [7, 11) is 0. The van der Waals surface area contributed by atoms with Crippen LogP contribution in [0.3, 0.4) is 0 Å². The molecule has 6 nitrogen and oxygen atoms in total. The van der Waals surface area contributed by atoms with E-state index in [1.165, 1.54) is 6.07 Å². The molecule has 0 aliphatic rings. The molecule has 0 radical (unpaired) electrons. The molecule has 0 bridgehead atoms. The lowest BCUT2D eigenvalue weighted by atomic mass is 10.2. The Morgan fingerprint density at radius 1 is 1.14 bits per heavy atom. The topological polar surface area (TPSA) is 104 Å². The van der Waals surface area contributed by atoms with Crippen LogP contribution >= 0.6 is 0 Å². The molecule has 3 aromatic rings. The third-order valence-corrected chi connectivity index (χ3v) is 3.23. The van der Waals surface area contributed by atoms with E-state index in [4.69, 9.17) is 20.6 Å². The van der Waals surface area contributed by atoms with E-state index in [9.17, 15) is 4.79 Å². The zero-order valence-electron chi connectivity index (χ0n) is 11.8. The van der Waals surface area contributed by atoms with Crippen molar-refractivity contribution >= 4 is 22.3 Å². The van der Waals surface area contributed by atoms with E-state index in [-0.39, 0.29) is 17.2 Å². The van der Waals surface area contributed by atoms with E-state index in [1.807, 2.05) is 30.3 Å². The second-order valence-electron chi connectivity index (χ2n) is 4.86. The third kappa shape index (κ3) is 2.85. The summed E-state index contributed by atoms with van der Waals surface area (Å²) in [5, 5.41) is 0.213. The van der Waals surface area contributed by atoms with Crippen LogP contribution in [0.15, 0.2) is 51.7 Å². The summed E-state index contributed by atoms with van der Waals surface area (Å²) in [5.74, 6) is 0. The summed E-state index contributed by atoms with van der Waals surface area (Å²) in [4.78, 5) is 16.1. The summed E-state index contributed by atoms with van der Waals surface area (Å²) < 4.78 is 10.5. The van der Waals surface area contributed by atoms with Crippen LogP contribution in [0.1, 0.15) is 5.56 Å². The molecule has 0 unspecified atom stereocenters. The average molecular weight is 297 g/mol. The van der Waals surface area contributed by atoms with E-state index in [0.717, 1.165) is 5.56 Å². The number of rotatable bonds is 4. The van der Waals surface area contributed by atoms with Crippen molar-refractivity contribution in [2.45, 2.75) is 6.42 Å². The molecule has 0 atom stereocenters. The molecule has 2 aromatic carbocycles. The van der Waals surface area contributed by atoms with Gasteiger partial charge in [-0.25, -0.2) is 4.79 Å². The zero-order valence-corrected chi connectivity index (χ0v) is 11.8. The quantitative estimate of drug-likeness (QED) is 0.713. The van der Waals surface area contributed by atoms with Gasteiger partial charge in [-0.3, -0.25) is 0 Å². The molecule has 0 aliphatic heterocycles. The van der Waals surface area contributed by atoms with Gasteiger partial charge in [0.2, 0.25) is 0 Å². The molecule has 4 N–H and O–H groups in total. The second-order valence-corrected chi connectivity index (χ2v) is 4.86. The molecular weight excluding hydrogens is 282 g/mol. The Kier molecular flexibility index (Phi) is 3.65. The fourth-order valence-corrected chi connectivity index (χ4v) is 2.20. The van der Waals surface area contributed by atoms with Crippen molar-refractivity contribution in [1.82, 2.24) is 4.98 Å². The van der Waals surface area contributed by atoms with E-state index < -0.39 is 5.63 Å². The smallest absolute Gasteiger partial charge is 0.397 e. The average Bonchev–Trinajstić information content (AvgIpc) is 2.47. The van der Waals surface area contributed by atoms with Gasteiger partial charge in [0.25, 0.3) is 0 Å². The first-order chi connectivity index (χ1) is 10.6. The van der Waals surface area contributed by atoms with Gasteiger partial charge in [0.05, 0.1) is 17.8 Å². The van der Waals surface area contributed by atoms with Crippen molar-refractivity contribution in [3.63, 3.8) is 0 Å². The minimum atomic E-state index is -0.586. The highest BCUT2D eigenvalue weighted by molar-refractivity contribution is 5.92. The Morgan fingerprint density at radius 3 is 2.68 bits per heavy atom. The first-order valence-corrected chi connectivity index (χ1v) is 6.80. The molecule has 0 fully saturated rings. The summed E-state index contributed by atoms with van der Waals surface area (Å²) in [5.41, 5.74) is 13.0. The van der Waals surface area contributed by atoms with Crippen molar-refractivity contribution in [2.24, 2.45) is 0 Å². The third-order valence-electron chi connectivity index (χ3n) is 3.23. The maximum atomic E-state index is 12.0. The summed E-state index contributed by atoms with van der Waals surface area (Å²) >= 11 is 0. The Labute approximate surface area is 126 Å². The van der Waals surface area contributed by atoms with E-state index in [2.05, 4.69) is 4.98 Å². The molecule has 112 valence electrons. The predicted molar refractivity (Wildman–Crippen MR) is 84.7 cm³/mol. The standard InChI is InChI=1S/C16H15N3O3/c17-11-8-12(18)14-13(9-11)19-16(22-15(14)20)21-7-6-10-4-2-1-3-5-10/h1-5,8-9H,6-7,17-18H2. The van der Waals surface area contributed by atoms with Gasteiger partial charge in [0.1, 0.15) is 5.39 Å². The van der Waals surface area contributed by atoms with Crippen LogP contribution in [0.4, 0.5) is 11.4 Å². The Hall–Kier alpha value is -3.02. The number of ether oxygens (including phenoxy) is 1. The van der Waals surface area contributed by atoms with Crippen LogP contribution in [0.5, 0.6) is 6.08 Å². The minimum Gasteiger partial charge on any atom is -0.450 e. The maximum absolute atomic E-state index is 12.0. The van der Waals surface area contributed by atoms with Gasteiger partial charge < -0.3 is 20.6 Å². The van der Waals surface area contributed by atoms with Crippen LogP contribution in [-0.2, 0) is 6.42 Å². The summed E-state index contributed by atoms with van der Waals surface area (Å²) in [6.07, 6.45) is 0.599. The molecule has 0 spiro atoms. The summed E-state index contributed by atoms with van der Waals surface area (Å²) in [6, 6.07) is 12.9. The number of benzene rings is 2. The highest BCUT2D eigenvalue weighted by atomic mass is 16.6. The zero-order chi connectivity index (χ0) is 15.5. The van der Waals surface area contributed by atoms with Gasteiger partial charge in [-0.15, -0.1) is 0 Å². The van der Waals surface area contributed by atoms with Crippen molar-refractivity contribution in [3.05, 3.63) is 58.4 Å². The van der Waals surface area contributed by atoms with Crippen molar-refractivity contribution in [1.29, 1.82) is 0 Å². The first kappa shape index (κ1) is 13.9. The van der Waals surface area contributed by atoms with Crippen LogP contribution in [0.25, 0.3) is 10.9 Å². The molecule has 3 rings (SSSR count). The molecule has 0 aliphatic carbocycles. The van der Waals surface area contributed by atoms with Crippen LogP contribution in [0, 0.1) is 0 Å². The Bertz CT molecular complexity index is 860. The SMILES string of the molecule is Nc1cc(N)c2c(=O)oc(OCCc3ccccc3)nc2c1. The number of aromatic nitrogens is 1. The van der Waals surface area contributed by atoms with Crippen molar-refractivity contribution in [2.75, 3.05) is 18.1 Å². The highest BCUT2D eigenvalue weighted by Gasteiger charge is 2.11. The lowest BCUT2D eigenvalue weighted by Gasteiger charge is -2.06. The van der Waals surface area contributed by atoms with Crippen molar-refractivity contribution in [3.8, 4) is 6.08 Å². The lowest BCUT2D eigenvalue weighted by Crippen LogP contribution is -2.09. The lowest BCUT2D eigenvalue weighted by molar-refractivity contribution is 0.220. The number of hydrogen-bond donors (Lipinski definition) is 2. The summed E-state index contributed by atoms with van der Waals surface area (Å²) in [6.45, 7) is 0.350. The number of nitrogens with two attached hydrogens (primary N) is 2. The molecule has 0 saturated heterocycles. The normalized spacial score (nSPS) is 10.7. The van der Waals surface area contributed by atoms with Gasteiger partial charge >= 0.3 is 11.7 Å². The Balaban J connectivity index is 1.81. The van der Waals surface area contributed by atoms with Crippen LogP contribution in [0.2, 0.25) is 0 Å². The monoisotopic (exact) mass is 297 g/mol. The molecule has 0 saturated carbocycles. The molecular formula is C16H15N3O3. The second kappa shape index (κ2) is 5.77. The molecule has 22 heavy (non-hydrogen) atoms. The number of anilines is 2. The molecule has 6 heteroatoms. The molecule has 1 heterocycles. The van der Waals surface area contributed by atoms with Crippen molar-refractivity contribution < 1.29 is 9.15 Å². The van der Waals surface area contributed by atoms with Crippen LogP contribution in [-0.4, -0.2) is 11.6 Å². The van der Waals surface area contributed by atoms with Gasteiger partial charge in [0, 0.05) is 12.1 Å². The van der Waals surface area contributed by atoms with Gasteiger partial charge in [0.15, 0.2) is 0 Å². The highest BCUT2D eigenvalue weighted by Crippen LogP contribution is 2.22. The first-order valence-electron chi connectivity index (χ1n) is 6.80. The van der Waals surface area contributed by atoms with Crippen LogP contribution < -0.4 is 21.8 Å². The largest absolute Gasteiger partial charge is 0.450 e. The van der Waals surface area contributed by atoms with E-state index in [0.29, 0.717) is 24.2 Å². The molecule has 1 aromatic heterocycles. The number of fused-ring (bicyclic) bond motifs is 1. The predicted octanol–water partition coefficient (Wildman–Crippen LogP) is 1.97. The minimum absolute atomic E-state index is 0.0848. The fourth-order valence-electron chi connectivity index (χ4n) is 2.20. The van der Waals surface area contributed by atoms with E-state index >= 15 is 0 Å². The van der Waals surface area contributed by atoms with Gasteiger partial charge in [-0.2, -0.15) is 4.98 Å². The number of nitrogens with zero attached hydrogens (tertiary/aromatic N) is 1. The fraction of sp³-hybridized carbons (Fsp3) is 0.125. The van der Waals surface area contributed by atoms with E-state index in [1.54, 1.807) is 6.07 Å². The van der Waals surface area contributed by atoms with Gasteiger partial charge in [-0.1, -0.05) is 30.3 Å². The van der Waals surface area contributed by atoms with Gasteiger partial charge in [-0.05, 0) is 17.7 Å².